The monoisotopic (exact) mass is 402 g/mol. The van der Waals surface area contributed by atoms with E-state index in [-0.39, 0.29) is 16.5 Å². The summed E-state index contributed by atoms with van der Waals surface area (Å²) >= 11 is 6.98. The van der Waals surface area contributed by atoms with Gasteiger partial charge in [0, 0.05) is 13.1 Å². The van der Waals surface area contributed by atoms with Crippen molar-refractivity contribution < 1.29 is 17.9 Å². The van der Waals surface area contributed by atoms with Crippen LogP contribution in [0.2, 0.25) is 4.34 Å². The smallest absolute Gasteiger partial charge is 0.265 e. The van der Waals surface area contributed by atoms with Crippen LogP contribution in [0.15, 0.2) is 35.2 Å². The van der Waals surface area contributed by atoms with Crippen LogP contribution in [0.5, 0.6) is 5.75 Å². The van der Waals surface area contributed by atoms with Crippen LogP contribution in [0.3, 0.4) is 0 Å². The third-order valence-corrected chi connectivity index (χ3v) is 6.84. The molecule has 0 aliphatic heterocycles. The highest BCUT2D eigenvalue weighted by Gasteiger charge is 2.23. The van der Waals surface area contributed by atoms with E-state index in [0.29, 0.717) is 28.1 Å². The Hall–Kier alpha value is -1.61. The van der Waals surface area contributed by atoms with Gasteiger partial charge in [0.2, 0.25) is 10.0 Å². The minimum atomic E-state index is -3.64. The molecule has 0 unspecified atom stereocenters. The van der Waals surface area contributed by atoms with E-state index >= 15 is 0 Å². The summed E-state index contributed by atoms with van der Waals surface area (Å²) in [6.07, 6.45) is 0. The van der Waals surface area contributed by atoms with Gasteiger partial charge in [-0.1, -0.05) is 25.4 Å². The third-order valence-electron chi connectivity index (χ3n) is 3.56. The van der Waals surface area contributed by atoms with Crippen molar-refractivity contribution in [1.82, 2.24) is 4.31 Å². The predicted molar refractivity (Wildman–Crippen MR) is 100 cm³/mol. The number of nitrogens with zero attached hydrogens (tertiary/aromatic N) is 1. The largest absolute Gasteiger partial charge is 0.495 e. The summed E-state index contributed by atoms with van der Waals surface area (Å²) in [5.74, 6) is -0.0120. The van der Waals surface area contributed by atoms with E-state index < -0.39 is 10.0 Å². The Morgan fingerprint density at radius 3 is 2.44 bits per heavy atom. The van der Waals surface area contributed by atoms with E-state index in [1.165, 1.54) is 29.6 Å². The van der Waals surface area contributed by atoms with Crippen molar-refractivity contribution in [2.24, 2.45) is 0 Å². The second-order valence-corrected chi connectivity index (χ2v) is 8.66. The number of sulfonamides is 1. The highest BCUT2D eigenvalue weighted by Crippen LogP contribution is 2.30. The number of hydrogen-bond acceptors (Lipinski definition) is 5. The summed E-state index contributed by atoms with van der Waals surface area (Å²) in [5.41, 5.74) is 0.283. The van der Waals surface area contributed by atoms with Crippen molar-refractivity contribution in [3.8, 4) is 5.75 Å². The standard InChI is InChI=1S/C16H19ClN2O4S2/c1-4-19(5-2)25(21,22)11-6-7-13(23-3)12(10-11)18-16(20)14-8-9-15(17)24-14/h6-10H,4-5H2,1-3H3,(H,18,20). The van der Waals surface area contributed by atoms with Gasteiger partial charge in [-0.25, -0.2) is 8.42 Å². The minimum absolute atomic E-state index is 0.0940. The Morgan fingerprint density at radius 1 is 1.24 bits per heavy atom. The molecule has 0 fully saturated rings. The maximum Gasteiger partial charge on any atom is 0.265 e. The van der Waals surface area contributed by atoms with E-state index in [1.54, 1.807) is 26.0 Å². The number of nitrogens with one attached hydrogen (secondary N) is 1. The van der Waals surface area contributed by atoms with Crippen LogP contribution in [0, 0.1) is 0 Å². The molecule has 0 radical (unpaired) electrons. The number of benzene rings is 1. The van der Waals surface area contributed by atoms with Crippen LogP contribution in [0.4, 0.5) is 5.69 Å². The average Bonchev–Trinajstić information content (AvgIpc) is 3.02. The maximum absolute atomic E-state index is 12.7. The molecule has 0 bridgehead atoms. The van der Waals surface area contributed by atoms with Crippen molar-refractivity contribution in [3.05, 3.63) is 39.5 Å². The molecule has 136 valence electrons. The molecular formula is C16H19ClN2O4S2. The third kappa shape index (κ3) is 4.33. The Bertz CT molecular complexity index is 861. The van der Waals surface area contributed by atoms with Crippen molar-refractivity contribution in [2.45, 2.75) is 18.7 Å². The van der Waals surface area contributed by atoms with Crippen molar-refractivity contribution in [2.75, 3.05) is 25.5 Å². The number of halogens is 1. The van der Waals surface area contributed by atoms with Gasteiger partial charge in [0.05, 0.1) is 26.9 Å². The zero-order valence-corrected chi connectivity index (χ0v) is 16.5. The lowest BCUT2D eigenvalue weighted by molar-refractivity contribution is 0.103. The molecule has 0 aliphatic rings. The second kappa shape index (κ2) is 8.18. The zero-order valence-electron chi connectivity index (χ0n) is 14.1. The van der Waals surface area contributed by atoms with Gasteiger partial charge in [-0.2, -0.15) is 4.31 Å². The van der Waals surface area contributed by atoms with Crippen molar-refractivity contribution in [3.63, 3.8) is 0 Å². The van der Waals surface area contributed by atoms with Crippen molar-refractivity contribution >= 4 is 44.6 Å². The number of hydrogen-bond donors (Lipinski definition) is 1. The van der Waals surface area contributed by atoms with Gasteiger partial charge in [0.15, 0.2) is 0 Å². The lowest BCUT2D eigenvalue weighted by atomic mass is 10.3. The van der Waals surface area contributed by atoms with Gasteiger partial charge in [0.1, 0.15) is 5.75 Å². The van der Waals surface area contributed by atoms with Gasteiger partial charge in [0.25, 0.3) is 5.91 Å². The van der Waals surface area contributed by atoms with Crippen LogP contribution >= 0.6 is 22.9 Å². The Kier molecular flexibility index (Phi) is 6.45. The lowest BCUT2D eigenvalue weighted by Crippen LogP contribution is -2.30. The fourth-order valence-corrected chi connectivity index (χ4v) is 4.70. The molecular weight excluding hydrogens is 384 g/mol. The van der Waals surface area contributed by atoms with E-state index in [1.807, 2.05) is 0 Å². The van der Waals surface area contributed by atoms with Gasteiger partial charge in [-0.15, -0.1) is 11.3 Å². The van der Waals surface area contributed by atoms with Gasteiger partial charge in [-0.05, 0) is 30.3 Å². The highest BCUT2D eigenvalue weighted by atomic mass is 35.5. The van der Waals surface area contributed by atoms with Gasteiger partial charge >= 0.3 is 0 Å². The summed E-state index contributed by atoms with van der Waals surface area (Å²) in [5, 5.41) is 2.68. The van der Waals surface area contributed by atoms with E-state index in [9.17, 15) is 13.2 Å². The molecule has 6 nitrogen and oxygen atoms in total. The molecule has 0 aliphatic carbocycles. The van der Waals surface area contributed by atoms with Gasteiger partial charge < -0.3 is 10.1 Å². The van der Waals surface area contributed by atoms with Gasteiger partial charge in [-0.3, -0.25) is 4.79 Å². The van der Waals surface area contributed by atoms with Crippen molar-refractivity contribution in [1.29, 1.82) is 0 Å². The summed E-state index contributed by atoms with van der Waals surface area (Å²) in [6.45, 7) is 4.27. The first-order valence-electron chi connectivity index (χ1n) is 7.58. The molecule has 1 aromatic carbocycles. The first kappa shape index (κ1) is 19.7. The quantitative estimate of drug-likeness (QED) is 0.766. The molecule has 0 spiro atoms. The molecule has 25 heavy (non-hydrogen) atoms. The molecule has 1 N–H and O–H groups in total. The molecule has 9 heteroatoms. The summed E-state index contributed by atoms with van der Waals surface area (Å²) in [7, 11) is -2.19. The number of thiophene rings is 1. The van der Waals surface area contributed by atoms with E-state index in [2.05, 4.69) is 5.32 Å². The first-order valence-corrected chi connectivity index (χ1v) is 10.2. The highest BCUT2D eigenvalue weighted by molar-refractivity contribution is 7.89. The Balaban J connectivity index is 2.39. The lowest BCUT2D eigenvalue weighted by Gasteiger charge is -2.19. The molecule has 0 saturated heterocycles. The average molecular weight is 403 g/mol. The topological polar surface area (TPSA) is 75.7 Å². The number of amides is 1. The predicted octanol–water partition coefficient (Wildman–Crippen LogP) is 3.69. The maximum atomic E-state index is 12.7. The molecule has 1 amide bonds. The zero-order chi connectivity index (χ0) is 18.6. The van der Waals surface area contributed by atoms with E-state index in [0.717, 1.165) is 11.3 Å². The number of ether oxygens (including phenoxy) is 1. The summed E-state index contributed by atoms with van der Waals surface area (Å²) in [4.78, 5) is 12.8. The van der Waals surface area contributed by atoms with Crippen LogP contribution in [0.25, 0.3) is 0 Å². The second-order valence-electron chi connectivity index (χ2n) is 5.01. The molecule has 1 heterocycles. The number of anilines is 1. The first-order chi connectivity index (χ1) is 11.8. The van der Waals surface area contributed by atoms with Crippen LogP contribution in [-0.4, -0.2) is 38.8 Å². The molecule has 0 saturated carbocycles. The fourth-order valence-electron chi connectivity index (χ4n) is 2.28. The Labute approximate surface area is 156 Å². The number of carbonyl (C=O) groups excluding carboxylic acids is 1. The summed E-state index contributed by atoms with van der Waals surface area (Å²) < 4.78 is 32.4. The van der Waals surface area contributed by atoms with Crippen LogP contribution in [0.1, 0.15) is 23.5 Å². The number of methoxy groups -OCH3 is 1. The Morgan fingerprint density at radius 2 is 1.92 bits per heavy atom. The van der Waals surface area contributed by atoms with Crippen LogP contribution < -0.4 is 10.1 Å². The molecule has 1 aromatic heterocycles. The molecule has 2 rings (SSSR count). The minimum Gasteiger partial charge on any atom is -0.495 e. The normalized spacial score (nSPS) is 11.6. The molecule has 0 atom stereocenters. The van der Waals surface area contributed by atoms with Crippen LogP contribution in [-0.2, 0) is 10.0 Å². The van der Waals surface area contributed by atoms with E-state index in [4.69, 9.17) is 16.3 Å². The SMILES string of the molecule is CCN(CC)S(=O)(=O)c1ccc(OC)c(NC(=O)c2ccc(Cl)s2)c1. The number of carbonyl (C=O) groups is 1. The molecule has 2 aromatic rings. The number of rotatable bonds is 7. The fraction of sp³-hybridized carbons (Fsp3) is 0.312. The summed E-state index contributed by atoms with van der Waals surface area (Å²) in [6, 6.07) is 7.61.